The minimum atomic E-state index is 0.446. The molecule has 2 heterocycles. The number of halogens is 1. The standard InChI is InChI=1S/C27H19ClN4O/c28-21-14-12-19(13-15-21)27-31-30-26(33-27)17-32-24-11-4-3-10-23(24)29-25(32)16-20-8-5-7-18-6-1-2-9-22(18)20/h1-15H,16-17H2. The molecule has 6 heteroatoms. The number of rotatable bonds is 5. The Labute approximate surface area is 195 Å². The zero-order valence-corrected chi connectivity index (χ0v) is 18.4. The number of hydrogen-bond donors (Lipinski definition) is 0. The average molecular weight is 451 g/mol. The smallest absolute Gasteiger partial charge is 0.247 e. The molecule has 5 nitrogen and oxygen atoms in total. The molecular formula is C27H19ClN4O. The predicted octanol–water partition coefficient (Wildman–Crippen LogP) is 6.53. The van der Waals surface area contributed by atoms with Crippen molar-refractivity contribution in [3.63, 3.8) is 0 Å². The molecule has 2 aromatic heterocycles. The monoisotopic (exact) mass is 450 g/mol. The second-order valence-electron chi connectivity index (χ2n) is 7.93. The summed E-state index contributed by atoms with van der Waals surface area (Å²) in [5.74, 6) is 1.96. The Bertz CT molecular complexity index is 1580. The van der Waals surface area contributed by atoms with E-state index in [-0.39, 0.29) is 0 Å². The molecule has 0 fully saturated rings. The molecule has 4 aromatic carbocycles. The summed E-state index contributed by atoms with van der Waals surface area (Å²) < 4.78 is 8.16. The topological polar surface area (TPSA) is 56.7 Å². The fraction of sp³-hybridized carbons (Fsp3) is 0.0741. The van der Waals surface area contributed by atoms with Gasteiger partial charge < -0.3 is 8.98 Å². The Morgan fingerprint density at radius 1 is 0.788 bits per heavy atom. The summed E-state index contributed by atoms with van der Waals surface area (Å²) in [5, 5.41) is 11.7. The van der Waals surface area contributed by atoms with Gasteiger partial charge >= 0.3 is 0 Å². The SMILES string of the molecule is Clc1ccc(-c2nnc(Cn3c(Cc4cccc5ccccc45)nc4ccccc43)o2)cc1. The predicted molar refractivity (Wildman–Crippen MR) is 130 cm³/mol. The van der Waals surface area contributed by atoms with Gasteiger partial charge in [-0.25, -0.2) is 4.98 Å². The van der Waals surface area contributed by atoms with Gasteiger partial charge in [-0.1, -0.05) is 66.2 Å². The first-order valence-corrected chi connectivity index (χ1v) is 11.1. The maximum absolute atomic E-state index is 6.00. The Kier molecular flexibility index (Phi) is 4.89. The van der Waals surface area contributed by atoms with E-state index in [1.54, 1.807) is 0 Å². The zero-order valence-electron chi connectivity index (χ0n) is 17.6. The lowest BCUT2D eigenvalue weighted by Gasteiger charge is -2.09. The van der Waals surface area contributed by atoms with Crippen LogP contribution in [-0.2, 0) is 13.0 Å². The summed E-state index contributed by atoms with van der Waals surface area (Å²) in [4.78, 5) is 4.94. The van der Waals surface area contributed by atoms with E-state index in [1.807, 2.05) is 42.5 Å². The van der Waals surface area contributed by atoms with E-state index in [9.17, 15) is 0 Å². The first-order valence-electron chi connectivity index (χ1n) is 10.7. The third kappa shape index (κ3) is 3.77. The van der Waals surface area contributed by atoms with Crippen molar-refractivity contribution in [3.8, 4) is 11.5 Å². The molecule has 0 aliphatic carbocycles. The van der Waals surface area contributed by atoms with Crippen LogP contribution in [0.2, 0.25) is 5.02 Å². The van der Waals surface area contributed by atoms with E-state index in [0.717, 1.165) is 22.4 Å². The van der Waals surface area contributed by atoms with Gasteiger partial charge in [-0.2, -0.15) is 0 Å². The lowest BCUT2D eigenvalue weighted by molar-refractivity contribution is 0.487. The maximum Gasteiger partial charge on any atom is 0.247 e. The quantitative estimate of drug-likeness (QED) is 0.299. The van der Waals surface area contributed by atoms with Gasteiger partial charge in [-0.05, 0) is 52.7 Å². The molecule has 0 amide bonds. The molecular weight excluding hydrogens is 432 g/mol. The number of benzene rings is 4. The van der Waals surface area contributed by atoms with Crippen LogP contribution in [0.3, 0.4) is 0 Å². The highest BCUT2D eigenvalue weighted by atomic mass is 35.5. The highest BCUT2D eigenvalue weighted by Gasteiger charge is 2.16. The van der Waals surface area contributed by atoms with E-state index in [4.69, 9.17) is 21.0 Å². The molecule has 6 aromatic rings. The van der Waals surface area contributed by atoms with Crippen LogP contribution in [0.1, 0.15) is 17.3 Å². The molecule has 0 atom stereocenters. The van der Waals surface area contributed by atoms with Gasteiger partial charge in [0.15, 0.2) is 0 Å². The third-order valence-electron chi connectivity index (χ3n) is 5.81. The molecule has 0 saturated carbocycles. The van der Waals surface area contributed by atoms with Gasteiger partial charge in [0.25, 0.3) is 0 Å². The Morgan fingerprint density at radius 3 is 2.48 bits per heavy atom. The summed E-state index contributed by atoms with van der Waals surface area (Å²) in [7, 11) is 0. The Morgan fingerprint density at radius 2 is 1.58 bits per heavy atom. The van der Waals surface area contributed by atoms with Crippen LogP contribution in [-0.4, -0.2) is 19.7 Å². The van der Waals surface area contributed by atoms with Crippen molar-refractivity contribution in [2.24, 2.45) is 0 Å². The van der Waals surface area contributed by atoms with Gasteiger partial charge in [0.2, 0.25) is 11.8 Å². The van der Waals surface area contributed by atoms with Crippen LogP contribution in [0.25, 0.3) is 33.3 Å². The van der Waals surface area contributed by atoms with Gasteiger partial charge in [-0.3, -0.25) is 0 Å². The van der Waals surface area contributed by atoms with Crippen LogP contribution >= 0.6 is 11.6 Å². The number of imidazole rings is 1. The Hall–Kier alpha value is -3.96. The lowest BCUT2D eigenvalue weighted by atomic mass is 10.0. The van der Waals surface area contributed by atoms with E-state index in [0.29, 0.717) is 29.8 Å². The average Bonchev–Trinajstić information content (AvgIpc) is 3.45. The fourth-order valence-corrected chi connectivity index (χ4v) is 4.34. The van der Waals surface area contributed by atoms with Crippen molar-refractivity contribution >= 4 is 33.4 Å². The summed E-state index contributed by atoms with van der Waals surface area (Å²) in [6.07, 6.45) is 0.703. The summed E-state index contributed by atoms with van der Waals surface area (Å²) >= 11 is 6.00. The van der Waals surface area contributed by atoms with Crippen molar-refractivity contribution in [2.75, 3.05) is 0 Å². The molecule has 0 radical (unpaired) electrons. The molecule has 0 bridgehead atoms. The van der Waals surface area contributed by atoms with Crippen LogP contribution in [0, 0.1) is 0 Å². The Balaban J connectivity index is 1.39. The molecule has 33 heavy (non-hydrogen) atoms. The fourth-order valence-electron chi connectivity index (χ4n) is 4.22. The van der Waals surface area contributed by atoms with Crippen molar-refractivity contribution < 1.29 is 4.42 Å². The molecule has 6 rings (SSSR count). The largest absolute Gasteiger partial charge is 0.419 e. The van der Waals surface area contributed by atoms with E-state index in [2.05, 4.69) is 63.3 Å². The maximum atomic E-state index is 6.00. The number of para-hydroxylation sites is 2. The van der Waals surface area contributed by atoms with Gasteiger partial charge in [-0.15, -0.1) is 10.2 Å². The molecule has 0 aliphatic rings. The van der Waals surface area contributed by atoms with E-state index in [1.165, 1.54) is 16.3 Å². The first-order chi connectivity index (χ1) is 16.2. The molecule has 0 spiro atoms. The van der Waals surface area contributed by atoms with Crippen LogP contribution in [0.4, 0.5) is 0 Å². The molecule has 0 aliphatic heterocycles. The number of nitrogens with zero attached hydrogens (tertiary/aromatic N) is 4. The highest BCUT2D eigenvalue weighted by Crippen LogP contribution is 2.25. The van der Waals surface area contributed by atoms with E-state index >= 15 is 0 Å². The van der Waals surface area contributed by atoms with Crippen molar-refractivity contribution in [2.45, 2.75) is 13.0 Å². The minimum Gasteiger partial charge on any atom is -0.419 e. The third-order valence-corrected chi connectivity index (χ3v) is 6.07. The van der Waals surface area contributed by atoms with E-state index < -0.39 is 0 Å². The van der Waals surface area contributed by atoms with Crippen molar-refractivity contribution in [1.29, 1.82) is 0 Å². The van der Waals surface area contributed by atoms with Crippen molar-refractivity contribution in [1.82, 2.24) is 19.7 Å². The normalized spacial score (nSPS) is 11.4. The molecule has 0 saturated heterocycles. The number of fused-ring (bicyclic) bond motifs is 2. The molecule has 160 valence electrons. The minimum absolute atomic E-state index is 0.446. The highest BCUT2D eigenvalue weighted by molar-refractivity contribution is 6.30. The second-order valence-corrected chi connectivity index (χ2v) is 8.36. The second kappa shape index (κ2) is 8.19. The first kappa shape index (κ1) is 19.7. The summed E-state index contributed by atoms with van der Waals surface area (Å²) in [5.41, 5.74) is 4.06. The number of aromatic nitrogens is 4. The summed E-state index contributed by atoms with van der Waals surface area (Å²) in [6.45, 7) is 0.446. The van der Waals surface area contributed by atoms with Crippen LogP contribution < -0.4 is 0 Å². The molecule has 0 N–H and O–H groups in total. The molecule has 0 unspecified atom stereocenters. The van der Waals surface area contributed by atoms with Gasteiger partial charge in [0.1, 0.15) is 12.4 Å². The van der Waals surface area contributed by atoms with Crippen molar-refractivity contribution in [3.05, 3.63) is 113 Å². The zero-order chi connectivity index (χ0) is 22.2. The van der Waals surface area contributed by atoms with Crippen LogP contribution in [0.5, 0.6) is 0 Å². The van der Waals surface area contributed by atoms with Gasteiger partial charge in [0, 0.05) is 17.0 Å². The number of hydrogen-bond acceptors (Lipinski definition) is 4. The van der Waals surface area contributed by atoms with Crippen LogP contribution in [0.15, 0.2) is 95.4 Å². The lowest BCUT2D eigenvalue weighted by Crippen LogP contribution is -2.06. The van der Waals surface area contributed by atoms with Gasteiger partial charge in [0.05, 0.1) is 11.0 Å². The summed E-state index contributed by atoms with van der Waals surface area (Å²) in [6, 6.07) is 30.3.